The normalized spacial score (nSPS) is 23.9. The number of methoxy groups -OCH3 is 3. The molecule has 0 amide bonds. The van der Waals surface area contributed by atoms with E-state index in [1.54, 1.807) is 0 Å². The number of hydrogen-bond acceptors (Lipinski definition) is 7. The molecule has 1 rings (SSSR count). The van der Waals surface area contributed by atoms with Gasteiger partial charge in [0.2, 0.25) is 0 Å². The van der Waals surface area contributed by atoms with E-state index in [0.717, 1.165) is 12.8 Å². The summed E-state index contributed by atoms with van der Waals surface area (Å²) in [6.45, 7) is 0.499. The SMILES string of the molecule is COC(=O)CCC(OC1(OC)CCCCO1)C(=O)OC. The maximum Gasteiger partial charge on any atom is 0.335 e. The Morgan fingerprint density at radius 3 is 2.45 bits per heavy atom. The van der Waals surface area contributed by atoms with Crippen LogP contribution < -0.4 is 0 Å². The Balaban J connectivity index is 2.66. The Hall–Kier alpha value is -1.18. The van der Waals surface area contributed by atoms with E-state index in [0.29, 0.717) is 13.0 Å². The van der Waals surface area contributed by atoms with E-state index >= 15 is 0 Å². The molecule has 1 aliphatic heterocycles. The average molecular weight is 290 g/mol. The first-order chi connectivity index (χ1) is 9.56. The van der Waals surface area contributed by atoms with Crippen LogP contribution in [0.25, 0.3) is 0 Å². The van der Waals surface area contributed by atoms with Gasteiger partial charge < -0.3 is 23.7 Å². The number of rotatable bonds is 7. The molecule has 7 nitrogen and oxygen atoms in total. The van der Waals surface area contributed by atoms with Crippen molar-refractivity contribution in [1.82, 2.24) is 0 Å². The molecule has 0 aromatic heterocycles. The lowest BCUT2D eigenvalue weighted by Gasteiger charge is -2.37. The molecule has 0 aliphatic carbocycles. The molecule has 0 spiro atoms. The van der Waals surface area contributed by atoms with Crippen LogP contribution >= 0.6 is 0 Å². The molecule has 116 valence electrons. The van der Waals surface area contributed by atoms with Crippen LogP contribution in [0.15, 0.2) is 0 Å². The molecule has 1 heterocycles. The Morgan fingerprint density at radius 1 is 1.20 bits per heavy atom. The summed E-state index contributed by atoms with van der Waals surface area (Å²) in [4.78, 5) is 22.9. The number of ether oxygens (including phenoxy) is 5. The predicted octanol–water partition coefficient (Wildman–Crippen LogP) is 0.998. The number of carbonyl (C=O) groups is 2. The molecular formula is C13H22O7. The summed E-state index contributed by atoms with van der Waals surface area (Å²) in [5.74, 6) is -2.23. The average Bonchev–Trinajstić information content (AvgIpc) is 2.51. The van der Waals surface area contributed by atoms with Gasteiger partial charge in [0.15, 0.2) is 6.10 Å². The highest BCUT2D eigenvalue weighted by atomic mass is 16.9. The fourth-order valence-corrected chi connectivity index (χ4v) is 1.97. The molecule has 2 unspecified atom stereocenters. The predicted molar refractivity (Wildman–Crippen MR) is 67.7 cm³/mol. The molecule has 1 fully saturated rings. The van der Waals surface area contributed by atoms with E-state index in [-0.39, 0.29) is 12.8 Å². The van der Waals surface area contributed by atoms with Gasteiger partial charge in [-0.2, -0.15) is 0 Å². The lowest BCUT2D eigenvalue weighted by Crippen LogP contribution is -2.46. The maximum atomic E-state index is 11.7. The maximum absolute atomic E-state index is 11.7. The molecule has 0 saturated carbocycles. The van der Waals surface area contributed by atoms with Crippen molar-refractivity contribution >= 4 is 11.9 Å². The highest BCUT2D eigenvalue weighted by Crippen LogP contribution is 2.29. The van der Waals surface area contributed by atoms with Crippen molar-refractivity contribution < 1.29 is 33.3 Å². The van der Waals surface area contributed by atoms with E-state index in [4.69, 9.17) is 14.2 Å². The van der Waals surface area contributed by atoms with Gasteiger partial charge in [-0.25, -0.2) is 4.79 Å². The van der Waals surface area contributed by atoms with Crippen LogP contribution in [-0.4, -0.2) is 52.0 Å². The van der Waals surface area contributed by atoms with Crippen molar-refractivity contribution in [3.05, 3.63) is 0 Å². The van der Waals surface area contributed by atoms with Crippen LogP contribution in [0.5, 0.6) is 0 Å². The summed E-state index contributed by atoms with van der Waals surface area (Å²) in [6.07, 6.45) is 1.58. The van der Waals surface area contributed by atoms with Crippen LogP contribution in [0.2, 0.25) is 0 Å². The monoisotopic (exact) mass is 290 g/mol. The Morgan fingerprint density at radius 2 is 1.95 bits per heavy atom. The highest BCUT2D eigenvalue weighted by molar-refractivity contribution is 5.76. The quantitative estimate of drug-likeness (QED) is 0.511. The van der Waals surface area contributed by atoms with Crippen LogP contribution in [0, 0.1) is 0 Å². The van der Waals surface area contributed by atoms with Crippen LogP contribution in [0.3, 0.4) is 0 Å². The van der Waals surface area contributed by atoms with E-state index in [1.807, 2.05) is 0 Å². The Labute approximate surface area is 118 Å². The van der Waals surface area contributed by atoms with Gasteiger partial charge in [0.25, 0.3) is 5.97 Å². The summed E-state index contributed by atoms with van der Waals surface area (Å²) in [5.41, 5.74) is 0. The first-order valence-electron chi connectivity index (χ1n) is 6.58. The van der Waals surface area contributed by atoms with Crippen molar-refractivity contribution in [3.8, 4) is 0 Å². The third-order valence-electron chi connectivity index (χ3n) is 3.13. The number of carbonyl (C=O) groups excluding carboxylic acids is 2. The largest absolute Gasteiger partial charge is 0.469 e. The minimum Gasteiger partial charge on any atom is -0.469 e. The zero-order chi connectivity index (χ0) is 15.0. The summed E-state index contributed by atoms with van der Waals surface area (Å²) >= 11 is 0. The van der Waals surface area contributed by atoms with Crippen molar-refractivity contribution in [2.75, 3.05) is 27.9 Å². The number of esters is 2. The molecule has 1 aliphatic rings. The lowest BCUT2D eigenvalue weighted by molar-refractivity contribution is -0.394. The first kappa shape index (κ1) is 16.9. The molecule has 0 bridgehead atoms. The lowest BCUT2D eigenvalue weighted by atomic mass is 10.1. The topological polar surface area (TPSA) is 80.3 Å². The van der Waals surface area contributed by atoms with E-state index < -0.39 is 24.0 Å². The van der Waals surface area contributed by atoms with Gasteiger partial charge >= 0.3 is 11.9 Å². The fourth-order valence-electron chi connectivity index (χ4n) is 1.97. The highest BCUT2D eigenvalue weighted by Gasteiger charge is 2.39. The molecule has 0 aromatic carbocycles. The summed E-state index contributed by atoms with van der Waals surface area (Å²) in [7, 11) is 4.01. The third kappa shape index (κ3) is 4.73. The van der Waals surface area contributed by atoms with Gasteiger partial charge in [0.1, 0.15) is 0 Å². The van der Waals surface area contributed by atoms with Gasteiger partial charge in [-0.05, 0) is 19.3 Å². The number of hydrogen-bond donors (Lipinski definition) is 0. The standard InChI is InChI=1S/C13H22O7/c1-16-11(14)7-6-10(12(15)17-2)20-13(18-3)8-4-5-9-19-13/h10H,4-9H2,1-3H3. The molecule has 0 N–H and O–H groups in total. The van der Waals surface area contributed by atoms with Crippen molar-refractivity contribution in [1.29, 1.82) is 0 Å². The van der Waals surface area contributed by atoms with Gasteiger partial charge in [-0.3, -0.25) is 4.79 Å². The zero-order valence-electron chi connectivity index (χ0n) is 12.2. The summed E-state index contributed by atoms with van der Waals surface area (Å²) in [5, 5.41) is 0. The Kier molecular flexibility index (Phi) is 6.90. The molecule has 0 radical (unpaired) electrons. The van der Waals surface area contributed by atoms with E-state index in [9.17, 15) is 9.59 Å². The second-order valence-corrected chi connectivity index (χ2v) is 4.44. The first-order valence-corrected chi connectivity index (χ1v) is 6.58. The fraction of sp³-hybridized carbons (Fsp3) is 0.846. The van der Waals surface area contributed by atoms with Crippen molar-refractivity contribution in [3.63, 3.8) is 0 Å². The van der Waals surface area contributed by atoms with Crippen LogP contribution in [-0.2, 0) is 33.3 Å². The smallest absolute Gasteiger partial charge is 0.335 e. The van der Waals surface area contributed by atoms with Gasteiger partial charge in [-0.1, -0.05) is 0 Å². The molecule has 20 heavy (non-hydrogen) atoms. The van der Waals surface area contributed by atoms with Gasteiger partial charge in [-0.15, -0.1) is 0 Å². The minimum atomic E-state index is -1.24. The van der Waals surface area contributed by atoms with Gasteiger partial charge in [0.05, 0.1) is 20.8 Å². The second kappa shape index (κ2) is 8.18. The van der Waals surface area contributed by atoms with E-state index in [1.165, 1.54) is 21.3 Å². The molecule has 7 heteroatoms. The second-order valence-electron chi connectivity index (χ2n) is 4.44. The molecule has 1 saturated heterocycles. The Bertz CT molecular complexity index is 323. The third-order valence-corrected chi connectivity index (χ3v) is 3.13. The minimum absolute atomic E-state index is 0.0516. The molecule has 2 atom stereocenters. The summed E-state index contributed by atoms with van der Waals surface area (Å²) in [6, 6.07) is 0. The molecule has 0 aromatic rings. The summed E-state index contributed by atoms with van der Waals surface area (Å²) < 4.78 is 25.7. The van der Waals surface area contributed by atoms with Gasteiger partial charge in [0, 0.05) is 20.0 Å². The molecular weight excluding hydrogens is 268 g/mol. The zero-order valence-corrected chi connectivity index (χ0v) is 12.2. The van der Waals surface area contributed by atoms with Crippen molar-refractivity contribution in [2.45, 2.75) is 44.2 Å². The van der Waals surface area contributed by atoms with E-state index in [2.05, 4.69) is 9.47 Å². The van der Waals surface area contributed by atoms with Crippen LogP contribution in [0.1, 0.15) is 32.1 Å². The van der Waals surface area contributed by atoms with Crippen LogP contribution in [0.4, 0.5) is 0 Å². The van der Waals surface area contributed by atoms with Crippen molar-refractivity contribution in [2.24, 2.45) is 0 Å².